The van der Waals surface area contributed by atoms with Crippen molar-refractivity contribution in [3.8, 4) is 5.69 Å². The molecule has 1 heterocycles. The number of ether oxygens (including phenoxy) is 1. The summed E-state index contributed by atoms with van der Waals surface area (Å²) >= 11 is 12.1. The van der Waals surface area contributed by atoms with Gasteiger partial charge in [-0.25, -0.2) is 9.48 Å². The monoisotopic (exact) mass is 462 g/mol. The van der Waals surface area contributed by atoms with Crippen molar-refractivity contribution in [2.75, 3.05) is 11.9 Å². The number of aryl methyl sites for hydroxylation is 1. The number of nitro groups is 1. The average molecular weight is 463 g/mol. The van der Waals surface area contributed by atoms with E-state index in [1.54, 1.807) is 35.9 Å². The second-order valence-corrected chi connectivity index (χ2v) is 7.27. The summed E-state index contributed by atoms with van der Waals surface area (Å²) in [5.41, 5.74) is 2.40. The van der Waals surface area contributed by atoms with Crippen LogP contribution in [-0.2, 0) is 9.53 Å². The molecule has 160 valence electrons. The quantitative estimate of drug-likeness (QED) is 0.327. The molecule has 0 aliphatic carbocycles. The number of nitrogens with one attached hydrogen (secondary N) is 1. The number of aromatic nitrogens is 2. The fourth-order valence-corrected chi connectivity index (χ4v) is 3.07. The Balaban J connectivity index is 1.60. The van der Waals surface area contributed by atoms with Crippen LogP contribution in [0.2, 0.25) is 10.0 Å². The summed E-state index contributed by atoms with van der Waals surface area (Å²) in [6, 6.07) is 10.1. The third-order valence-corrected chi connectivity index (χ3v) is 5.18. The molecule has 0 bridgehead atoms. The topological polar surface area (TPSA) is 116 Å². The second-order valence-electron chi connectivity index (χ2n) is 6.49. The molecule has 1 aromatic heterocycles. The van der Waals surface area contributed by atoms with Gasteiger partial charge in [-0.3, -0.25) is 14.9 Å². The van der Waals surface area contributed by atoms with E-state index in [0.29, 0.717) is 10.7 Å². The summed E-state index contributed by atoms with van der Waals surface area (Å²) in [7, 11) is 0. The molecule has 0 radical (unpaired) electrons. The predicted molar refractivity (Wildman–Crippen MR) is 115 cm³/mol. The minimum absolute atomic E-state index is 0.00581. The number of anilines is 1. The fourth-order valence-electron chi connectivity index (χ4n) is 2.73. The molecule has 9 nitrogen and oxygen atoms in total. The Kier molecular flexibility index (Phi) is 6.57. The Morgan fingerprint density at radius 1 is 1.16 bits per heavy atom. The van der Waals surface area contributed by atoms with Gasteiger partial charge in [0.25, 0.3) is 11.6 Å². The van der Waals surface area contributed by atoms with Gasteiger partial charge in [0.2, 0.25) is 0 Å². The summed E-state index contributed by atoms with van der Waals surface area (Å²) < 4.78 is 6.67. The number of amides is 1. The molecule has 0 atom stereocenters. The average Bonchev–Trinajstić information content (AvgIpc) is 3.00. The maximum Gasteiger partial charge on any atom is 0.338 e. The number of carbonyl (C=O) groups is 2. The van der Waals surface area contributed by atoms with Gasteiger partial charge in [-0.15, -0.1) is 0 Å². The van der Waals surface area contributed by atoms with E-state index in [4.69, 9.17) is 27.9 Å². The predicted octanol–water partition coefficient (Wildman–Crippen LogP) is 4.50. The number of carbonyl (C=O) groups excluding carboxylic acids is 2. The van der Waals surface area contributed by atoms with Crippen LogP contribution in [0.4, 0.5) is 11.4 Å². The van der Waals surface area contributed by atoms with Crippen molar-refractivity contribution in [1.82, 2.24) is 9.78 Å². The van der Waals surface area contributed by atoms with Gasteiger partial charge in [-0.2, -0.15) is 5.10 Å². The molecular weight excluding hydrogens is 447 g/mol. The summed E-state index contributed by atoms with van der Waals surface area (Å²) in [6.07, 6.45) is 0. The third kappa shape index (κ3) is 5.01. The normalized spacial score (nSPS) is 10.6. The molecule has 0 saturated carbocycles. The van der Waals surface area contributed by atoms with Crippen LogP contribution >= 0.6 is 23.2 Å². The van der Waals surface area contributed by atoms with Crippen LogP contribution in [0.15, 0.2) is 42.5 Å². The number of nitro benzene ring substituents is 1. The lowest BCUT2D eigenvalue weighted by Crippen LogP contribution is -2.21. The number of halogens is 2. The van der Waals surface area contributed by atoms with Crippen LogP contribution in [0.25, 0.3) is 5.69 Å². The van der Waals surface area contributed by atoms with Gasteiger partial charge in [0.15, 0.2) is 6.61 Å². The largest absolute Gasteiger partial charge is 0.452 e. The molecule has 31 heavy (non-hydrogen) atoms. The smallest absolute Gasteiger partial charge is 0.338 e. The standard InChI is InChI=1S/C20H16Cl2N4O5/c1-11-19(22)12(2)25(24-11)14-5-3-13(4-6-14)20(28)31-10-18(27)23-17-8-7-15(26(29)30)9-16(17)21/h3-9H,10H2,1-2H3,(H,23,27). The van der Waals surface area contributed by atoms with E-state index in [1.165, 1.54) is 12.1 Å². The Labute approximate surface area is 186 Å². The molecule has 3 rings (SSSR count). The number of nitrogens with zero attached hydrogens (tertiary/aromatic N) is 3. The molecule has 1 N–H and O–H groups in total. The maximum atomic E-state index is 12.2. The molecule has 0 aliphatic heterocycles. The van der Waals surface area contributed by atoms with Gasteiger partial charge in [0, 0.05) is 12.1 Å². The highest BCUT2D eigenvalue weighted by molar-refractivity contribution is 6.34. The first-order valence-electron chi connectivity index (χ1n) is 8.90. The zero-order valence-corrected chi connectivity index (χ0v) is 17.9. The van der Waals surface area contributed by atoms with Gasteiger partial charge in [-0.05, 0) is 44.2 Å². The van der Waals surface area contributed by atoms with Crippen LogP contribution in [0, 0.1) is 24.0 Å². The van der Waals surface area contributed by atoms with E-state index in [9.17, 15) is 19.7 Å². The molecule has 1 amide bonds. The highest BCUT2D eigenvalue weighted by atomic mass is 35.5. The summed E-state index contributed by atoms with van der Waals surface area (Å²) in [5, 5.41) is 18.1. The van der Waals surface area contributed by atoms with Crippen LogP contribution in [0.3, 0.4) is 0 Å². The van der Waals surface area contributed by atoms with Gasteiger partial charge in [0.05, 0.1) is 43.3 Å². The maximum absolute atomic E-state index is 12.2. The van der Waals surface area contributed by atoms with Crippen LogP contribution in [0.5, 0.6) is 0 Å². The van der Waals surface area contributed by atoms with E-state index in [2.05, 4.69) is 10.4 Å². The van der Waals surface area contributed by atoms with Crippen molar-refractivity contribution < 1.29 is 19.2 Å². The van der Waals surface area contributed by atoms with E-state index < -0.39 is 23.4 Å². The van der Waals surface area contributed by atoms with Crippen molar-refractivity contribution in [2.45, 2.75) is 13.8 Å². The third-order valence-electron chi connectivity index (χ3n) is 4.32. The lowest BCUT2D eigenvalue weighted by atomic mass is 10.2. The van der Waals surface area contributed by atoms with E-state index >= 15 is 0 Å². The lowest BCUT2D eigenvalue weighted by molar-refractivity contribution is -0.384. The first-order chi connectivity index (χ1) is 14.7. The van der Waals surface area contributed by atoms with Gasteiger partial charge >= 0.3 is 5.97 Å². The van der Waals surface area contributed by atoms with Gasteiger partial charge in [-0.1, -0.05) is 23.2 Å². The second kappa shape index (κ2) is 9.15. The Morgan fingerprint density at radius 2 is 1.84 bits per heavy atom. The van der Waals surface area contributed by atoms with Crippen LogP contribution in [0.1, 0.15) is 21.7 Å². The highest BCUT2D eigenvalue weighted by Crippen LogP contribution is 2.26. The van der Waals surface area contributed by atoms with E-state index in [1.807, 2.05) is 6.92 Å². The summed E-state index contributed by atoms with van der Waals surface area (Å²) in [5.74, 6) is -1.33. The molecule has 2 aromatic carbocycles. The summed E-state index contributed by atoms with van der Waals surface area (Å²) in [4.78, 5) is 34.4. The van der Waals surface area contributed by atoms with Crippen molar-refractivity contribution in [3.63, 3.8) is 0 Å². The van der Waals surface area contributed by atoms with Crippen molar-refractivity contribution in [3.05, 3.63) is 79.6 Å². The lowest BCUT2D eigenvalue weighted by Gasteiger charge is -2.09. The van der Waals surface area contributed by atoms with E-state index in [-0.39, 0.29) is 22.0 Å². The molecule has 0 aliphatic rings. The highest BCUT2D eigenvalue weighted by Gasteiger charge is 2.15. The molecule has 0 unspecified atom stereocenters. The van der Waals surface area contributed by atoms with Gasteiger partial charge < -0.3 is 10.1 Å². The van der Waals surface area contributed by atoms with Crippen molar-refractivity contribution in [1.29, 1.82) is 0 Å². The molecule has 0 saturated heterocycles. The van der Waals surface area contributed by atoms with Crippen LogP contribution in [-0.4, -0.2) is 33.2 Å². The zero-order valence-electron chi connectivity index (χ0n) is 16.4. The fraction of sp³-hybridized carbons (Fsp3) is 0.150. The number of esters is 1. The Morgan fingerprint density at radius 3 is 2.39 bits per heavy atom. The van der Waals surface area contributed by atoms with Gasteiger partial charge in [0.1, 0.15) is 0 Å². The number of hydrogen-bond donors (Lipinski definition) is 1. The zero-order chi connectivity index (χ0) is 22.7. The molecule has 0 fully saturated rings. The number of rotatable bonds is 6. The minimum Gasteiger partial charge on any atom is -0.452 e. The minimum atomic E-state index is -0.692. The first-order valence-corrected chi connectivity index (χ1v) is 9.66. The molecular formula is C20H16Cl2N4O5. The first kappa shape index (κ1) is 22.3. The molecule has 0 spiro atoms. The molecule has 3 aromatic rings. The number of non-ortho nitro benzene ring substituents is 1. The Hall–Kier alpha value is -3.43. The van der Waals surface area contributed by atoms with Crippen LogP contribution < -0.4 is 5.32 Å². The number of hydrogen-bond acceptors (Lipinski definition) is 6. The van der Waals surface area contributed by atoms with Crippen molar-refractivity contribution >= 4 is 46.5 Å². The van der Waals surface area contributed by atoms with Crippen molar-refractivity contribution in [2.24, 2.45) is 0 Å². The SMILES string of the molecule is Cc1nn(-c2ccc(C(=O)OCC(=O)Nc3ccc([N+](=O)[O-])cc3Cl)cc2)c(C)c1Cl. The Bertz CT molecular complexity index is 1180. The number of benzene rings is 2. The molecule has 11 heteroatoms. The summed E-state index contributed by atoms with van der Waals surface area (Å²) in [6.45, 7) is 3.08. The van der Waals surface area contributed by atoms with E-state index in [0.717, 1.165) is 17.4 Å².